The number of aryl methyl sites for hydroxylation is 3. The zero-order valence-corrected chi connectivity index (χ0v) is 14.5. The fourth-order valence-corrected chi connectivity index (χ4v) is 3.72. The highest BCUT2D eigenvalue weighted by Crippen LogP contribution is 2.58. The van der Waals surface area contributed by atoms with Crippen LogP contribution in [-0.4, -0.2) is 18.9 Å². The summed E-state index contributed by atoms with van der Waals surface area (Å²) in [5.74, 6) is -0.131. The second-order valence-electron chi connectivity index (χ2n) is 7.13. The van der Waals surface area contributed by atoms with Crippen molar-refractivity contribution in [1.82, 2.24) is 0 Å². The van der Waals surface area contributed by atoms with E-state index in [1.807, 2.05) is 27.7 Å². The number of carbonyl (C=O) groups is 2. The van der Waals surface area contributed by atoms with E-state index in [0.717, 1.165) is 23.1 Å². The number of rotatable bonds is 4. The number of ether oxygens (including phenoxy) is 1. The minimum atomic E-state index is -0.689. The third kappa shape index (κ3) is 2.37. The summed E-state index contributed by atoms with van der Waals surface area (Å²) in [7, 11) is 1.39. The number of hydrogen-bond donors (Lipinski definition) is 0. The van der Waals surface area contributed by atoms with E-state index < -0.39 is 10.8 Å². The maximum absolute atomic E-state index is 12.9. The van der Waals surface area contributed by atoms with Crippen LogP contribution in [0.25, 0.3) is 0 Å². The van der Waals surface area contributed by atoms with E-state index in [0.29, 0.717) is 12.8 Å². The van der Waals surface area contributed by atoms with Gasteiger partial charge in [0.2, 0.25) is 0 Å². The molecule has 2 unspecified atom stereocenters. The molecule has 1 aliphatic carbocycles. The van der Waals surface area contributed by atoms with E-state index in [1.165, 1.54) is 12.7 Å². The van der Waals surface area contributed by atoms with Gasteiger partial charge in [0.15, 0.2) is 0 Å². The van der Waals surface area contributed by atoms with Gasteiger partial charge in [-0.05, 0) is 57.2 Å². The number of carbonyl (C=O) groups excluding carboxylic acids is 2. The maximum Gasteiger partial charge on any atom is 0.312 e. The fraction of sp³-hybridized carbons (Fsp3) is 0.579. The Morgan fingerprint density at radius 3 is 1.95 bits per heavy atom. The molecule has 0 radical (unpaired) electrons. The van der Waals surface area contributed by atoms with Crippen molar-refractivity contribution in [2.45, 2.75) is 53.9 Å². The molecule has 0 saturated heterocycles. The maximum atomic E-state index is 12.9. The standard InChI is InChI=1S/C19H26O3/c1-12-9-13(2)15(14(3)10-12)11-16(20)18(4)7-8-19(18,5)17(21)22-6/h9-10H,7-8,11H2,1-6H3. The molecule has 2 rings (SSSR count). The van der Waals surface area contributed by atoms with Gasteiger partial charge in [-0.2, -0.15) is 0 Å². The van der Waals surface area contributed by atoms with Crippen LogP contribution < -0.4 is 0 Å². The van der Waals surface area contributed by atoms with E-state index >= 15 is 0 Å². The van der Waals surface area contributed by atoms with Crippen molar-refractivity contribution in [2.24, 2.45) is 10.8 Å². The second kappa shape index (κ2) is 5.53. The predicted molar refractivity (Wildman–Crippen MR) is 86.8 cm³/mol. The van der Waals surface area contributed by atoms with Crippen molar-refractivity contribution < 1.29 is 14.3 Å². The Hall–Kier alpha value is -1.64. The van der Waals surface area contributed by atoms with Crippen molar-refractivity contribution >= 4 is 11.8 Å². The molecule has 0 aromatic heterocycles. The monoisotopic (exact) mass is 302 g/mol. The summed E-state index contributed by atoms with van der Waals surface area (Å²) in [5, 5.41) is 0. The Labute approximate surface area is 133 Å². The Bertz CT molecular complexity index is 609. The van der Waals surface area contributed by atoms with Crippen LogP contribution in [0.2, 0.25) is 0 Å². The van der Waals surface area contributed by atoms with E-state index in [1.54, 1.807) is 0 Å². The lowest BCUT2D eigenvalue weighted by Crippen LogP contribution is -2.57. The molecule has 0 bridgehead atoms. The fourth-order valence-electron chi connectivity index (χ4n) is 3.72. The number of Topliss-reactive ketones (excluding diaryl/α,β-unsaturated/α-hetero) is 1. The lowest BCUT2D eigenvalue weighted by atomic mass is 9.49. The average Bonchev–Trinajstić information content (AvgIpc) is 2.46. The highest BCUT2D eigenvalue weighted by molar-refractivity contribution is 5.95. The molecule has 3 nitrogen and oxygen atoms in total. The Kier molecular flexibility index (Phi) is 4.20. The molecule has 0 amide bonds. The Morgan fingerprint density at radius 2 is 1.55 bits per heavy atom. The molecule has 120 valence electrons. The highest BCUT2D eigenvalue weighted by atomic mass is 16.5. The van der Waals surface area contributed by atoms with Crippen molar-refractivity contribution in [3.63, 3.8) is 0 Å². The molecular weight excluding hydrogens is 276 g/mol. The van der Waals surface area contributed by atoms with E-state index in [9.17, 15) is 9.59 Å². The number of esters is 1. The van der Waals surface area contributed by atoms with Crippen LogP contribution in [0.5, 0.6) is 0 Å². The Balaban J connectivity index is 2.29. The summed E-state index contributed by atoms with van der Waals surface area (Å²) in [6, 6.07) is 4.22. The van der Waals surface area contributed by atoms with Gasteiger partial charge in [-0.1, -0.05) is 24.6 Å². The summed E-state index contributed by atoms with van der Waals surface area (Å²) in [6.07, 6.45) is 1.86. The first-order chi connectivity index (χ1) is 10.2. The molecule has 0 heterocycles. The second-order valence-corrected chi connectivity index (χ2v) is 7.13. The summed E-state index contributed by atoms with van der Waals surface area (Å²) in [4.78, 5) is 25.0. The van der Waals surface area contributed by atoms with Gasteiger partial charge in [-0.15, -0.1) is 0 Å². The third-order valence-corrected chi connectivity index (χ3v) is 5.77. The molecule has 1 aromatic rings. The van der Waals surface area contributed by atoms with E-state index in [2.05, 4.69) is 19.1 Å². The van der Waals surface area contributed by atoms with Gasteiger partial charge < -0.3 is 4.74 Å². The van der Waals surface area contributed by atoms with Crippen molar-refractivity contribution in [2.75, 3.05) is 7.11 Å². The average molecular weight is 302 g/mol. The van der Waals surface area contributed by atoms with Gasteiger partial charge in [0, 0.05) is 11.8 Å². The molecule has 22 heavy (non-hydrogen) atoms. The normalized spacial score (nSPS) is 27.2. The zero-order valence-electron chi connectivity index (χ0n) is 14.5. The molecule has 0 N–H and O–H groups in total. The first kappa shape index (κ1) is 16.7. The molecule has 3 heteroatoms. The number of methoxy groups -OCH3 is 1. The van der Waals surface area contributed by atoms with Gasteiger partial charge >= 0.3 is 5.97 Å². The molecule has 0 aliphatic heterocycles. The first-order valence-corrected chi connectivity index (χ1v) is 7.84. The number of ketones is 1. The van der Waals surface area contributed by atoms with Gasteiger partial charge in [0.25, 0.3) is 0 Å². The van der Waals surface area contributed by atoms with Crippen molar-refractivity contribution in [1.29, 1.82) is 0 Å². The predicted octanol–water partition coefficient (Wildman–Crippen LogP) is 3.70. The minimum Gasteiger partial charge on any atom is -0.469 e. The molecule has 1 saturated carbocycles. The Morgan fingerprint density at radius 1 is 1.05 bits per heavy atom. The summed E-state index contributed by atoms with van der Waals surface area (Å²) >= 11 is 0. The molecular formula is C19H26O3. The number of hydrogen-bond acceptors (Lipinski definition) is 3. The number of benzene rings is 1. The zero-order chi connectivity index (χ0) is 16.7. The van der Waals surface area contributed by atoms with Crippen LogP contribution in [0.3, 0.4) is 0 Å². The van der Waals surface area contributed by atoms with Gasteiger partial charge in [0.1, 0.15) is 5.78 Å². The molecule has 1 aromatic carbocycles. The van der Waals surface area contributed by atoms with Gasteiger partial charge in [0.05, 0.1) is 12.5 Å². The molecule has 2 atom stereocenters. The molecule has 1 fully saturated rings. The van der Waals surface area contributed by atoms with Gasteiger partial charge in [-0.3, -0.25) is 9.59 Å². The van der Waals surface area contributed by atoms with Crippen LogP contribution in [0.1, 0.15) is 48.9 Å². The highest BCUT2D eigenvalue weighted by Gasteiger charge is 2.61. The molecule has 0 spiro atoms. The quantitative estimate of drug-likeness (QED) is 0.796. The first-order valence-electron chi connectivity index (χ1n) is 7.84. The lowest BCUT2D eigenvalue weighted by Gasteiger charge is -2.52. The lowest BCUT2D eigenvalue weighted by molar-refractivity contribution is -0.179. The van der Waals surface area contributed by atoms with Crippen LogP contribution in [0.4, 0.5) is 0 Å². The largest absolute Gasteiger partial charge is 0.469 e. The van der Waals surface area contributed by atoms with Crippen molar-refractivity contribution in [3.05, 3.63) is 34.4 Å². The molecule has 1 aliphatic rings. The smallest absolute Gasteiger partial charge is 0.312 e. The van der Waals surface area contributed by atoms with Crippen molar-refractivity contribution in [3.8, 4) is 0 Å². The van der Waals surface area contributed by atoms with E-state index in [-0.39, 0.29) is 11.8 Å². The van der Waals surface area contributed by atoms with Crippen LogP contribution >= 0.6 is 0 Å². The SMILES string of the molecule is COC(=O)C1(C)CCC1(C)C(=O)Cc1c(C)cc(C)cc1C. The van der Waals surface area contributed by atoms with Crippen LogP contribution in [-0.2, 0) is 20.7 Å². The van der Waals surface area contributed by atoms with Crippen LogP contribution in [0.15, 0.2) is 12.1 Å². The topological polar surface area (TPSA) is 43.4 Å². The summed E-state index contributed by atoms with van der Waals surface area (Å²) < 4.78 is 4.92. The van der Waals surface area contributed by atoms with Crippen LogP contribution in [0, 0.1) is 31.6 Å². The summed E-state index contributed by atoms with van der Waals surface area (Å²) in [5.41, 5.74) is 3.29. The summed E-state index contributed by atoms with van der Waals surface area (Å²) in [6.45, 7) is 9.92. The van der Waals surface area contributed by atoms with E-state index in [4.69, 9.17) is 4.74 Å². The minimum absolute atomic E-state index is 0.140. The third-order valence-electron chi connectivity index (χ3n) is 5.77. The van der Waals surface area contributed by atoms with Gasteiger partial charge in [-0.25, -0.2) is 0 Å².